The SMILES string of the molecule is CCCNc1ncnc(OC2CCCCCC2)c1C(C)C. The van der Waals surface area contributed by atoms with Crippen molar-refractivity contribution in [3.63, 3.8) is 0 Å². The Kier molecular flexibility index (Phi) is 6.27. The zero-order valence-electron chi connectivity index (χ0n) is 13.7. The lowest BCUT2D eigenvalue weighted by Gasteiger charge is -2.21. The molecular weight excluding hydrogens is 262 g/mol. The molecule has 1 heterocycles. The Balaban J connectivity index is 2.16. The molecule has 0 saturated heterocycles. The maximum absolute atomic E-state index is 6.26. The van der Waals surface area contributed by atoms with Gasteiger partial charge in [-0.2, -0.15) is 0 Å². The van der Waals surface area contributed by atoms with E-state index in [0.717, 1.165) is 43.1 Å². The van der Waals surface area contributed by atoms with Crippen LogP contribution in [0.3, 0.4) is 0 Å². The highest BCUT2D eigenvalue weighted by molar-refractivity contribution is 5.50. The summed E-state index contributed by atoms with van der Waals surface area (Å²) in [5.41, 5.74) is 1.12. The van der Waals surface area contributed by atoms with Crippen LogP contribution in [0.1, 0.15) is 77.2 Å². The van der Waals surface area contributed by atoms with Crippen molar-refractivity contribution in [1.82, 2.24) is 9.97 Å². The molecule has 0 spiro atoms. The highest BCUT2D eigenvalue weighted by atomic mass is 16.5. The highest BCUT2D eigenvalue weighted by Gasteiger charge is 2.20. The van der Waals surface area contributed by atoms with E-state index < -0.39 is 0 Å². The van der Waals surface area contributed by atoms with Crippen molar-refractivity contribution in [1.29, 1.82) is 0 Å². The Morgan fingerprint density at radius 1 is 1.19 bits per heavy atom. The minimum Gasteiger partial charge on any atom is -0.474 e. The molecule has 0 aliphatic heterocycles. The molecule has 0 atom stereocenters. The Morgan fingerprint density at radius 2 is 1.90 bits per heavy atom. The minimum atomic E-state index is 0.318. The van der Waals surface area contributed by atoms with E-state index in [4.69, 9.17) is 4.74 Å². The summed E-state index contributed by atoms with van der Waals surface area (Å²) in [6.07, 6.45) is 10.5. The van der Waals surface area contributed by atoms with Crippen molar-refractivity contribution in [2.75, 3.05) is 11.9 Å². The second kappa shape index (κ2) is 8.20. The lowest BCUT2D eigenvalue weighted by molar-refractivity contribution is 0.173. The van der Waals surface area contributed by atoms with Gasteiger partial charge in [0.25, 0.3) is 0 Å². The number of hydrogen-bond donors (Lipinski definition) is 1. The number of nitrogens with one attached hydrogen (secondary N) is 1. The van der Waals surface area contributed by atoms with E-state index >= 15 is 0 Å². The van der Waals surface area contributed by atoms with Gasteiger partial charge in [-0.1, -0.05) is 33.6 Å². The third-order valence-corrected chi connectivity index (χ3v) is 4.05. The van der Waals surface area contributed by atoms with Gasteiger partial charge >= 0.3 is 0 Å². The zero-order valence-corrected chi connectivity index (χ0v) is 13.7. The van der Waals surface area contributed by atoms with Crippen LogP contribution in [0.4, 0.5) is 5.82 Å². The summed E-state index contributed by atoms with van der Waals surface area (Å²) in [7, 11) is 0. The number of aromatic nitrogens is 2. The molecule has 1 aliphatic carbocycles. The summed E-state index contributed by atoms with van der Waals surface area (Å²) >= 11 is 0. The molecule has 1 aliphatic rings. The van der Waals surface area contributed by atoms with E-state index in [0.29, 0.717) is 12.0 Å². The molecule has 0 radical (unpaired) electrons. The van der Waals surface area contributed by atoms with Crippen LogP contribution in [-0.2, 0) is 0 Å². The normalized spacial score (nSPS) is 16.8. The monoisotopic (exact) mass is 291 g/mol. The second-order valence-corrected chi connectivity index (χ2v) is 6.25. The lowest BCUT2D eigenvalue weighted by atomic mass is 10.0. The van der Waals surface area contributed by atoms with E-state index in [-0.39, 0.29) is 0 Å². The van der Waals surface area contributed by atoms with Gasteiger partial charge in [0.1, 0.15) is 18.2 Å². The van der Waals surface area contributed by atoms with Crippen LogP contribution in [0.15, 0.2) is 6.33 Å². The molecule has 1 fully saturated rings. The first-order chi connectivity index (χ1) is 10.2. The molecule has 1 saturated carbocycles. The zero-order chi connectivity index (χ0) is 15.1. The van der Waals surface area contributed by atoms with Crippen molar-refractivity contribution in [3.8, 4) is 5.88 Å². The third-order valence-electron chi connectivity index (χ3n) is 4.05. The van der Waals surface area contributed by atoms with Gasteiger partial charge in [-0.25, -0.2) is 9.97 Å². The van der Waals surface area contributed by atoms with Crippen molar-refractivity contribution >= 4 is 5.82 Å². The fourth-order valence-corrected chi connectivity index (χ4v) is 2.90. The molecule has 118 valence electrons. The first kappa shape index (κ1) is 16.1. The first-order valence-corrected chi connectivity index (χ1v) is 8.47. The topological polar surface area (TPSA) is 47.0 Å². The summed E-state index contributed by atoms with van der Waals surface area (Å²) in [6, 6.07) is 0. The van der Waals surface area contributed by atoms with E-state index in [2.05, 4.69) is 36.1 Å². The predicted octanol–water partition coefficient (Wildman–Crippen LogP) is 4.52. The lowest BCUT2D eigenvalue weighted by Crippen LogP contribution is -2.18. The van der Waals surface area contributed by atoms with Gasteiger partial charge in [-0.05, 0) is 38.0 Å². The first-order valence-electron chi connectivity index (χ1n) is 8.47. The van der Waals surface area contributed by atoms with E-state index in [1.54, 1.807) is 6.33 Å². The highest BCUT2D eigenvalue weighted by Crippen LogP contribution is 2.32. The Bertz CT molecular complexity index is 426. The van der Waals surface area contributed by atoms with Crippen LogP contribution in [-0.4, -0.2) is 22.6 Å². The van der Waals surface area contributed by atoms with Gasteiger partial charge in [0.2, 0.25) is 5.88 Å². The molecule has 4 heteroatoms. The second-order valence-electron chi connectivity index (χ2n) is 6.25. The summed E-state index contributed by atoms with van der Waals surface area (Å²) in [5, 5.41) is 3.40. The van der Waals surface area contributed by atoms with Crippen molar-refractivity contribution < 1.29 is 4.74 Å². The van der Waals surface area contributed by atoms with Crippen molar-refractivity contribution in [3.05, 3.63) is 11.9 Å². The molecule has 4 nitrogen and oxygen atoms in total. The van der Waals surface area contributed by atoms with Gasteiger partial charge in [0.05, 0.1) is 5.56 Å². The van der Waals surface area contributed by atoms with Gasteiger partial charge in [0.15, 0.2) is 0 Å². The Morgan fingerprint density at radius 3 is 2.52 bits per heavy atom. The Labute approximate surface area is 128 Å². The number of rotatable bonds is 6. The molecule has 1 N–H and O–H groups in total. The number of nitrogens with zero attached hydrogens (tertiary/aromatic N) is 2. The van der Waals surface area contributed by atoms with E-state index in [9.17, 15) is 0 Å². The van der Waals surface area contributed by atoms with Crippen LogP contribution in [0.5, 0.6) is 5.88 Å². The average molecular weight is 291 g/mol. The maximum Gasteiger partial charge on any atom is 0.222 e. The third kappa shape index (κ3) is 4.58. The molecular formula is C17H29N3O. The van der Waals surface area contributed by atoms with Gasteiger partial charge in [0, 0.05) is 6.54 Å². The smallest absolute Gasteiger partial charge is 0.222 e. The average Bonchev–Trinajstić information content (AvgIpc) is 2.73. The molecule has 0 aromatic carbocycles. The maximum atomic E-state index is 6.26. The molecule has 2 rings (SSSR count). The summed E-state index contributed by atoms with van der Waals surface area (Å²) in [5.74, 6) is 2.07. The largest absolute Gasteiger partial charge is 0.474 e. The predicted molar refractivity (Wildman–Crippen MR) is 87.0 cm³/mol. The van der Waals surface area contributed by atoms with Crippen LogP contribution >= 0.6 is 0 Å². The van der Waals surface area contributed by atoms with Gasteiger partial charge in [-0.3, -0.25) is 0 Å². The fourth-order valence-electron chi connectivity index (χ4n) is 2.90. The van der Waals surface area contributed by atoms with Crippen LogP contribution in [0.2, 0.25) is 0 Å². The van der Waals surface area contributed by atoms with Crippen molar-refractivity contribution in [2.24, 2.45) is 0 Å². The molecule has 0 amide bonds. The van der Waals surface area contributed by atoms with Gasteiger partial charge in [-0.15, -0.1) is 0 Å². The summed E-state index contributed by atoms with van der Waals surface area (Å²) in [6.45, 7) is 7.44. The Hall–Kier alpha value is -1.32. The molecule has 0 bridgehead atoms. The summed E-state index contributed by atoms with van der Waals surface area (Å²) in [4.78, 5) is 8.83. The van der Waals surface area contributed by atoms with Crippen LogP contribution in [0, 0.1) is 0 Å². The quantitative estimate of drug-likeness (QED) is 0.783. The van der Waals surface area contributed by atoms with Gasteiger partial charge < -0.3 is 10.1 Å². The van der Waals surface area contributed by atoms with E-state index in [1.165, 1.54) is 25.7 Å². The minimum absolute atomic E-state index is 0.318. The number of ether oxygens (including phenoxy) is 1. The number of anilines is 1. The summed E-state index contributed by atoms with van der Waals surface area (Å²) < 4.78 is 6.26. The standard InChI is InChI=1S/C17H29N3O/c1-4-11-18-16-15(13(2)3)17(20-12-19-16)21-14-9-7-5-6-8-10-14/h12-14H,4-11H2,1-3H3,(H,18,19,20). The molecule has 0 unspecified atom stereocenters. The van der Waals surface area contributed by atoms with Crippen molar-refractivity contribution in [2.45, 2.75) is 77.7 Å². The number of hydrogen-bond acceptors (Lipinski definition) is 4. The van der Waals surface area contributed by atoms with E-state index in [1.807, 2.05) is 0 Å². The van der Waals surface area contributed by atoms with Crippen LogP contribution < -0.4 is 10.1 Å². The molecule has 1 aromatic heterocycles. The molecule has 1 aromatic rings. The fraction of sp³-hybridized carbons (Fsp3) is 0.765. The van der Waals surface area contributed by atoms with Crippen LogP contribution in [0.25, 0.3) is 0 Å². The molecule has 21 heavy (non-hydrogen) atoms.